The van der Waals surface area contributed by atoms with Gasteiger partial charge in [-0.2, -0.15) is 0 Å². The summed E-state index contributed by atoms with van der Waals surface area (Å²) in [6.07, 6.45) is 5.52. The van der Waals surface area contributed by atoms with Crippen LogP contribution in [0.5, 0.6) is 11.5 Å². The second-order valence-electron chi connectivity index (χ2n) is 7.23. The van der Waals surface area contributed by atoms with E-state index < -0.39 is 0 Å². The molecule has 1 aromatic heterocycles. The first-order chi connectivity index (χ1) is 12.7. The molecule has 1 fully saturated rings. The van der Waals surface area contributed by atoms with Crippen LogP contribution >= 0.6 is 0 Å². The van der Waals surface area contributed by atoms with E-state index in [1.54, 1.807) is 0 Å². The van der Waals surface area contributed by atoms with Crippen molar-refractivity contribution in [2.24, 2.45) is 5.92 Å². The summed E-state index contributed by atoms with van der Waals surface area (Å²) in [5.74, 6) is 3.58. The fourth-order valence-corrected chi connectivity index (χ4v) is 3.84. The minimum absolute atomic E-state index is 0.133. The zero-order valence-corrected chi connectivity index (χ0v) is 15.2. The predicted octanol–water partition coefficient (Wildman–Crippen LogP) is 4.43. The number of fused-ring (bicyclic) bond motifs is 1. The lowest BCUT2D eigenvalue weighted by Gasteiger charge is -2.29. The molecule has 2 aromatic rings. The molecule has 1 saturated carbocycles. The first kappa shape index (κ1) is 17.0. The minimum atomic E-state index is 0.133. The summed E-state index contributed by atoms with van der Waals surface area (Å²) in [5, 5.41) is 0. The Labute approximate surface area is 153 Å². The second-order valence-corrected chi connectivity index (χ2v) is 7.23. The van der Waals surface area contributed by atoms with E-state index in [4.69, 9.17) is 13.9 Å². The molecule has 0 radical (unpaired) electrons. The summed E-state index contributed by atoms with van der Waals surface area (Å²) in [6.45, 7) is 3.23. The molecule has 2 heterocycles. The Morgan fingerprint density at radius 1 is 1.04 bits per heavy atom. The molecule has 0 spiro atoms. The molecule has 0 bridgehead atoms. The number of carbonyl (C=O) groups excluding carboxylic acids is 1. The lowest BCUT2D eigenvalue weighted by atomic mass is 9.88. The molecular weight excluding hydrogens is 330 g/mol. The minimum Gasteiger partial charge on any atom is -0.464 e. The molecule has 1 aliphatic carbocycles. The van der Waals surface area contributed by atoms with Gasteiger partial charge in [-0.15, -0.1) is 0 Å². The second kappa shape index (κ2) is 7.44. The van der Waals surface area contributed by atoms with E-state index in [1.165, 1.54) is 6.42 Å². The molecule has 4 rings (SSSR count). The average molecular weight is 355 g/mol. The van der Waals surface area contributed by atoms with Crippen molar-refractivity contribution in [3.8, 4) is 11.5 Å². The van der Waals surface area contributed by atoms with Gasteiger partial charge < -0.3 is 18.8 Å². The van der Waals surface area contributed by atoms with Crippen LogP contribution in [-0.4, -0.2) is 17.6 Å². The highest BCUT2D eigenvalue weighted by atomic mass is 16.7. The fourth-order valence-electron chi connectivity index (χ4n) is 3.84. The average Bonchev–Trinajstić information content (AvgIpc) is 3.29. The third-order valence-corrected chi connectivity index (χ3v) is 5.22. The molecule has 0 saturated heterocycles. The Balaban J connectivity index is 1.53. The van der Waals surface area contributed by atoms with E-state index in [2.05, 4.69) is 0 Å². The van der Waals surface area contributed by atoms with Gasteiger partial charge in [-0.25, -0.2) is 0 Å². The smallest absolute Gasteiger partial charge is 0.231 e. The molecular formula is C21H25NO4. The van der Waals surface area contributed by atoms with Crippen molar-refractivity contribution in [1.29, 1.82) is 0 Å². The molecule has 5 nitrogen and oxygen atoms in total. The van der Waals surface area contributed by atoms with Crippen LogP contribution in [0.15, 0.2) is 34.7 Å². The Bertz CT molecular complexity index is 776. The van der Waals surface area contributed by atoms with Crippen LogP contribution < -0.4 is 9.47 Å². The number of hydrogen-bond acceptors (Lipinski definition) is 4. The summed E-state index contributed by atoms with van der Waals surface area (Å²) in [6, 6.07) is 9.78. The van der Waals surface area contributed by atoms with Crippen molar-refractivity contribution in [1.82, 2.24) is 4.90 Å². The first-order valence-electron chi connectivity index (χ1n) is 9.42. The molecule has 1 aromatic carbocycles. The molecule has 1 amide bonds. The van der Waals surface area contributed by atoms with E-state index in [1.807, 2.05) is 42.2 Å². The highest BCUT2D eigenvalue weighted by Crippen LogP contribution is 2.33. The maximum atomic E-state index is 13.2. The summed E-state index contributed by atoms with van der Waals surface area (Å²) in [7, 11) is 0. The van der Waals surface area contributed by atoms with Gasteiger partial charge in [0.2, 0.25) is 12.7 Å². The lowest BCUT2D eigenvalue weighted by Crippen LogP contribution is -2.36. The summed E-state index contributed by atoms with van der Waals surface area (Å²) >= 11 is 0. The van der Waals surface area contributed by atoms with E-state index in [9.17, 15) is 4.79 Å². The highest BCUT2D eigenvalue weighted by molar-refractivity contribution is 5.79. The number of hydrogen-bond donors (Lipinski definition) is 0. The first-order valence-corrected chi connectivity index (χ1v) is 9.42. The quantitative estimate of drug-likeness (QED) is 0.796. The SMILES string of the molecule is Cc1ccc(CN(Cc2ccc3c(c2)OCO3)C(=O)C2CCCCC2)o1. The van der Waals surface area contributed by atoms with Gasteiger partial charge in [0.25, 0.3) is 0 Å². The molecule has 5 heteroatoms. The van der Waals surface area contributed by atoms with E-state index in [0.717, 1.165) is 54.3 Å². The fraction of sp³-hybridized carbons (Fsp3) is 0.476. The number of benzene rings is 1. The van der Waals surface area contributed by atoms with Crippen molar-refractivity contribution in [2.75, 3.05) is 6.79 Å². The number of amides is 1. The van der Waals surface area contributed by atoms with Gasteiger partial charge in [0.1, 0.15) is 11.5 Å². The largest absolute Gasteiger partial charge is 0.464 e. The molecule has 0 unspecified atom stereocenters. The van der Waals surface area contributed by atoms with Crippen molar-refractivity contribution in [2.45, 2.75) is 52.1 Å². The molecule has 1 aliphatic heterocycles. The van der Waals surface area contributed by atoms with E-state index in [0.29, 0.717) is 13.1 Å². The number of aryl methyl sites for hydroxylation is 1. The summed E-state index contributed by atoms with van der Waals surface area (Å²) < 4.78 is 16.6. The Hall–Kier alpha value is -2.43. The summed E-state index contributed by atoms with van der Waals surface area (Å²) in [4.78, 5) is 15.1. The summed E-state index contributed by atoms with van der Waals surface area (Å²) in [5.41, 5.74) is 1.04. The van der Waals surface area contributed by atoms with E-state index in [-0.39, 0.29) is 18.6 Å². The Morgan fingerprint density at radius 3 is 2.62 bits per heavy atom. The predicted molar refractivity (Wildman–Crippen MR) is 96.8 cm³/mol. The molecule has 26 heavy (non-hydrogen) atoms. The lowest BCUT2D eigenvalue weighted by molar-refractivity contribution is -0.138. The Morgan fingerprint density at radius 2 is 1.85 bits per heavy atom. The normalized spacial score (nSPS) is 16.7. The molecule has 2 aliphatic rings. The third kappa shape index (κ3) is 3.71. The van der Waals surface area contributed by atoms with Gasteiger partial charge in [0, 0.05) is 12.5 Å². The number of carbonyl (C=O) groups is 1. The Kier molecular flexibility index (Phi) is 4.87. The van der Waals surface area contributed by atoms with Crippen LogP contribution in [-0.2, 0) is 17.9 Å². The number of ether oxygens (including phenoxy) is 2. The van der Waals surface area contributed by atoms with Crippen LogP contribution in [0.25, 0.3) is 0 Å². The number of rotatable bonds is 5. The standard InChI is InChI=1S/C21H25NO4/c1-15-7-9-18(26-15)13-22(21(23)17-5-3-2-4-6-17)12-16-8-10-19-20(11-16)25-14-24-19/h7-11,17H,2-6,12-14H2,1H3. The van der Waals surface area contributed by atoms with Crippen LogP contribution in [0, 0.1) is 12.8 Å². The van der Waals surface area contributed by atoms with Crippen molar-refractivity contribution in [3.63, 3.8) is 0 Å². The number of furan rings is 1. The monoisotopic (exact) mass is 355 g/mol. The van der Waals surface area contributed by atoms with Gasteiger partial charge >= 0.3 is 0 Å². The van der Waals surface area contributed by atoms with Gasteiger partial charge in [-0.1, -0.05) is 25.3 Å². The topological polar surface area (TPSA) is 51.9 Å². The van der Waals surface area contributed by atoms with Crippen LogP contribution in [0.1, 0.15) is 49.2 Å². The maximum Gasteiger partial charge on any atom is 0.231 e. The van der Waals surface area contributed by atoms with Gasteiger partial charge in [-0.3, -0.25) is 4.79 Å². The van der Waals surface area contributed by atoms with Gasteiger partial charge in [0.05, 0.1) is 6.54 Å². The molecule has 0 N–H and O–H groups in total. The highest BCUT2D eigenvalue weighted by Gasteiger charge is 2.27. The van der Waals surface area contributed by atoms with Crippen molar-refractivity contribution in [3.05, 3.63) is 47.4 Å². The van der Waals surface area contributed by atoms with Gasteiger partial charge in [0.15, 0.2) is 11.5 Å². The van der Waals surface area contributed by atoms with Crippen molar-refractivity contribution < 1.29 is 18.7 Å². The van der Waals surface area contributed by atoms with Crippen LogP contribution in [0.3, 0.4) is 0 Å². The van der Waals surface area contributed by atoms with E-state index >= 15 is 0 Å². The van der Waals surface area contributed by atoms with Crippen LogP contribution in [0.4, 0.5) is 0 Å². The van der Waals surface area contributed by atoms with Crippen LogP contribution in [0.2, 0.25) is 0 Å². The van der Waals surface area contributed by atoms with Crippen molar-refractivity contribution >= 4 is 5.91 Å². The zero-order valence-electron chi connectivity index (χ0n) is 15.2. The van der Waals surface area contributed by atoms with Gasteiger partial charge in [-0.05, 0) is 49.6 Å². The number of nitrogens with zero attached hydrogens (tertiary/aromatic N) is 1. The molecule has 0 atom stereocenters. The third-order valence-electron chi connectivity index (χ3n) is 5.22. The molecule has 138 valence electrons. The maximum absolute atomic E-state index is 13.2. The zero-order chi connectivity index (χ0) is 17.9.